The monoisotopic (exact) mass is 327 g/mol. The highest BCUT2D eigenvalue weighted by atomic mass is 35.5. The summed E-state index contributed by atoms with van der Waals surface area (Å²) in [5.41, 5.74) is 2.59. The summed E-state index contributed by atoms with van der Waals surface area (Å²) in [7, 11) is 1.63. The Labute approximate surface area is 133 Å². The summed E-state index contributed by atoms with van der Waals surface area (Å²) in [4.78, 5) is 0. The zero-order chi connectivity index (χ0) is 15.6. The van der Waals surface area contributed by atoms with Crippen molar-refractivity contribution in [2.75, 3.05) is 12.4 Å². The molecule has 112 valence electrons. The van der Waals surface area contributed by atoms with Gasteiger partial charge in [-0.1, -0.05) is 23.2 Å². The number of anilines is 1. The van der Waals surface area contributed by atoms with Crippen LogP contribution in [0.15, 0.2) is 30.3 Å². The van der Waals surface area contributed by atoms with E-state index in [1.807, 2.05) is 32.0 Å². The van der Waals surface area contributed by atoms with E-state index in [2.05, 4.69) is 5.32 Å². The van der Waals surface area contributed by atoms with Gasteiger partial charge in [0.2, 0.25) is 0 Å². The van der Waals surface area contributed by atoms with Gasteiger partial charge in [0.05, 0.1) is 18.2 Å². The van der Waals surface area contributed by atoms with Gasteiger partial charge < -0.3 is 10.1 Å². The van der Waals surface area contributed by atoms with Gasteiger partial charge in [-0.2, -0.15) is 0 Å². The van der Waals surface area contributed by atoms with Crippen molar-refractivity contribution >= 4 is 28.9 Å². The van der Waals surface area contributed by atoms with Gasteiger partial charge in [0.25, 0.3) is 0 Å². The van der Waals surface area contributed by atoms with E-state index >= 15 is 0 Å². The van der Waals surface area contributed by atoms with E-state index in [0.717, 1.165) is 17.0 Å². The first-order chi connectivity index (χ1) is 9.92. The average Bonchev–Trinajstić information content (AvgIpc) is 2.43. The summed E-state index contributed by atoms with van der Waals surface area (Å²) in [6.45, 7) is 3.87. The van der Waals surface area contributed by atoms with E-state index in [-0.39, 0.29) is 11.1 Å². The Morgan fingerprint density at radius 2 is 1.86 bits per heavy atom. The molecule has 0 saturated carbocycles. The largest absolute Gasteiger partial charge is 0.496 e. The van der Waals surface area contributed by atoms with Crippen LogP contribution in [-0.4, -0.2) is 7.11 Å². The molecule has 0 amide bonds. The summed E-state index contributed by atoms with van der Waals surface area (Å²) in [5, 5.41) is 3.75. The molecular formula is C16H16Cl2FNO. The van der Waals surface area contributed by atoms with Crippen molar-refractivity contribution in [3.05, 3.63) is 57.3 Å². The molecule has 0 fully saturated rings. The molecular weight excluding hydrogens is 312 g/mol. The minimum absolute atomic E-state index is 0.0243. The number of rotatable bonds is 4. The van der Waals surface area contributed by atoms with Gasteiger partial charge in [-0.15, -0.1) is 0 Å². The van der Waals surface area contributed by atoms with Gasteiger partial charge in [-0.25, -0.2) is 4.39 Å². The van der Waals surface area contributed by atoms with Crippen LogP contribution in [0.25, 0.3) is 0 Å². The smallest absolute Gasteiger partial charge is 0.142 e. The van der Waals surface area contributed by atoms with Gasteiger partial charge in [0.1, 0.15) is 11.6 Å². The maximum absolute atomic E-state index is 13.6. The molecule has 2 aromatic carbocycles. The molecule has 0 aliphatic rings. The van der Waals surface area contributed by atoms with Crippen LogP contribution in [0.4, 0.5) is 10.1 Å². The Morgan fingerprint density at radius 3 is 2.48 bits per heavy atom. The third-order valence-corrected chi connectivity index (χ3v) is 3.90. The topological polar surface area (TPSA) is 21.3 Å². The fourth-order valence-corrected chi connectivity index (χ4v) is 2.71. The van der Waals surface area contributed by atoms with Gasteiger partial charge in [-0.3, -0.25) is 0 Å². The molecule has 2 rings (SSSR count). The summed E-state index contributed by atoms with van der Waals surface area (Å²) >= 11 is 11.8. The molecule has 0 bridgehead atoms. The average molecular weight is 328 g/mol. The predicted molar refractivity (Wildman–Crippen MR) is 86.2 cm³/mol. The molecule has 0 spiro atoms. The maximum Gasteiger partial charge on any atom is 0.142 e. The van der Waals surface area contributed by atoms with E-state index in [1.165, 1.54) is 12.1 Å². The van der Waals surface area contributed by atoms with Gasteiger partial charge in [0.15, 0.2) is 0 Å². The van der Waals surface area contributed by atoms with Crippen molar-refractivity contribution in [2.45, 2.75) is 19.9 Å². The highest BCUT2D eigenvalue weighted by molar-refractivity contribution is 6.35. The van der Waals surface area contributed by atoms with Crippen LogP contribution in [0.2, 0.25) is 10.0 Å². The molecule has 2 aromatic rings. The maximum atomic E-state index is 13.6. The molecule has 1 N–H and O–H groups in total. The summed E-state index contributed by atoms with van der Waals surface area (Å²) in [5.74, 6) is 0.347. The van der Waals surface area contributed by atoms with Gasteiger partial charge in [0, 0.05) is 10.7 Å². The van der Waals surface area contributed by atoms with Crippen LogP contribution in [0.1, 0.15) is 24.1 Å². The lowest BCUT2D eigenvalue weighted by molar-refractivity contribution is 0.412. The summed E-state index contributed by atoms with van der Waals surface area (Å²) in [6.07, 6.45) is 0. The summed E-state index contributed by atoms with van der Waals surface area (Å²) < 4.78 is 18.8. The summed E-state index contributed by atoms with van der Waals surface area (Å²) in [6, 6.07) is 8.38. The normalized spacial score (nSPS) is 12.1. The molecule has 0 saturated heterocycles. The van der Waals surface area contributed by atoms with E-state index < -0.39 is 5.82 Å². The van der Waals surface area contributed by atoms with Crippen LogP contribution in [0, 0.1) is 12.7 Å². The number of aryl methyl sites for hydroxylation is 1. The lowest BCUT2D eigenvalue weighted by atomic mass is 10.1. The molecule has 0 heterocycles. The standard InChI is InChI=1S/C16H16Cl2FNO/c1-9-6-11(4-5-16(9)21-3)20-10(2)12-7-15(19)14(18)8-13(12)17/h4-8,10,20H,1-3H3. The van der Waals surface area contributed by atoms with Crippen molar-refractivity contribution in [1.29, 1.82) is 0 Å². The number of halogens is 3. The Kier molecular flexibility index (Phi) is 4.96. The Hall–Kier alpha value is -1.45. The van der Waals surface area contributed by atoms with Crippen LogP contribution in [0.3, 0.4) is 0 Å². The van der Waals surface area contributed by atoms with Crippen LogP contribution in [-0.2, 0) is 0 Å². The first-order valence-corrected chi connectivity index (χ1v) is 7.23. The van der Waals surface area contributed by atoms with Gasteiger partial charge >= 0.3 is 0 Å². The van der Waals surface area contributed by atoms with Crippen LogP contribution >= 0.6 is 23.2 Å². The van der Waals surface area contributed by atoms with Crippen LogP contribution < -0.4 is 10.1 Å². The zero-order valence-corrected chi connectivity index (χ0v) is 13.5. The van der Waals surface area contributed by atoms with Crippen LogP contribution in [0.5, 0.6) is 5.75 Å². The molecule has 1 unspecified atom stereocenters. The fourth-order valence-electron chi connectivity index (χ4n) is 2.17. The second-order valence-electron chi connectivity index (χ2n) is 4.84. The quantitative estimate of drug-likeness (QED) is 0.735. The first kappa shape index (κ1) is 15.9. The van der Waals surface area contributed by atoms with Crippen molar-refractivity contribution in [1.82, 2.24) is 0 Å². The Balaban J connectivity index is 2.23. The second kappa shape index (κ2) is 6.54. The van der Waals surface area contributed by atoms with Crippen molar-refractivity contribution in [3.63, 3.8) is 0 Å². The molecule has 2 nitrogen and oxygen atoms in total. The minimum Gasteiger partial charge on any atom is -0.496 e. The highest BCUT2D eigenvalue weighted by Gasteiger charge is 2.13. The number of ether oxygens (including phenoxy) is 1. The molecule has 1 atom stereocenters. The third-order valence-electron chi connectivity index (χ3n) is 3.28. The first-order valence-electron chi connectivity index (χ1n) is 6.48. The lowest BCUT2D eigenvalue weighted by Gasteiger charge is -2.18. The van der Waals surface area contributed by atoms with Crippen molar-refractivity contribution < 1.29 is 9.13 Å². The SMILES string of the molecule is COc1ccc(NC(C)c2cc(F)c(Cl)cc2Cl)cc1C. The molecule has 0 radical (unpaired) electrons. The Morgan fingerprint density at radius 1 is 1.14 bits per heavy atom. The van der Waals surface area contributed by atoms with Crippen molar-refractivity contribution in [2.24, 2.45) is 0 Å². The highest BCUT2D eigenvalue weighted by Crippen LogP contribution is 2.31. The van der Waals surface area contributed by atoms with Crippen molar-refractivity contribution in [3.8, 4) is 5.75 Å². The molecule has 21 heavy (non-hydrogen) atoms. The number of nitrogens with one attached hydrogen (secondary N) is 1. The second-order valence-corrected chi connectivity index (χ2v) is 5.65. The Bertz CT molecular complexity index is 661. The van der Waals surface area contributed by atoms with E-state index in [0.29, 0.717) is 10.6 Å². The number of hydrogen-bond donors (Lipinski definition) is 1. The fraction of sp³-hybridized carbons (Fsp3) is 0.250. The molecule has 0 aliphatic heterocycles. The zero-order valence-electron chi connectivity index (χ0n) is 12.0. The molecule has 5 heteroatoms. The lowest BCUT2D eigenvalue weighted by Crippen LogP contribution is -2.08. The van der Waals surface area contributed by atoms with E-state index in [1.54, 1.807) is 7.11 Å². The molecule has 0 aromatic heterocycles. The third kappa shape index (κ3) is 3.60. The van der Waals surface area contributed by atoms with E-state index in [4.69, 9.17) is 27.9 Å². The van der Waals surface area contributed by atoms with E-state index in [9.17, 15) is 4.39 Å². The van der Waals surface area contributed by atoms with Gasteiger partial charge in [-0.05, 0) is 55.3 Å². The number of hydrogen-bond acceptors (Lipinski definition) is 2. The minimum atomic E-state index is -0.476. The molecule has 0 aliphatic carbocycles. The number of benzene rings is 2. The number of methoxy groups -OCH3 is 1. The predicted octanol–water partition coefficient (Wildman–Crippen LogP) is 5.62.